The Kier molecular flexibility index (Phi) is 3.85. The summed E-state index contributed by atoms with van der Waals surface area (Å²) < 4.78 is 0. The smallest absolute Gasteiger partial charge is 0.0695 e. The molecule has 1 heterocycles. The molecule has 0 aliphatic rings. The van der Waals surface area contributed by atoms with E-state index in [9.17, 15) is 0 Å². The third kappa shape index (κ3) is 2.57. The largest absolute Gasteiger partial charge is 0.312 e. The van der Waals surface area contributed by atoms with Crippen molar-refractivity contribution in [1.29, 1.82) is 0 Å². The summed E-state index contributed by atoms with van der Waals surface area (Å²) in [6.45, 7) is 4.16. The maximum absolute atomic E-state index is 4.06. The molecule has 4 heteroatoms. The van der Waals surface area contributed by atoms with Crippen molar-refractivity contribution in [2.24, 2.45) is 0 Å². The molecule has 0 fully saturated rings. The molecule has 0 radical (unpaired) electrons. The third-order valence-electron chi connectivity index (χ3n) is 2.71. The Hall–Kier alpha value is -1.00. The number of hydrogen-bond donors (Lipinski definition) is 2. The van der Waals surface area contributed by atoms with Gasteiger partial charge in [-0.1, -0.05) is 25.1 Å². The van der Waals surface area contributed by atoms with E-state index in [0.717, 1.165) is 18.6 Å². The van der Waals surface area contributed by atoms with Crippen LogP contribution in [-0.2, 0) is 6.54 Å². The summed E-state index contributed by atoms with van der Waals surface area (Å²) in [6, 6.07) is 6.29. The first-order valence-electron chi connectivity index (χ1n) is 5.45. The lowest BCUT2D eigenvalue weighted by Crippen LogP contribution is -2.22. The fourth-order valence-electron chi connectivity index (χ4n) is 1.67. The topological polar surface area (TPSA) is 40.7 Å². The average molecular weight is 235 g/mol. The quantitative estimate of drug-likeness (QED) is 0.836. The first-order valence-corrected chi connectivity index (χ1v) is 6.74. The van der Waals surface area contributed by atoms with Crippen molar-refractivity contribution in [2.75, 3.05) is 12.8 Å². The number of aromatic nitrogens is 2. The maximum Gasteiger partial charge on any atom is 0.0695 e. The van der Waals surface area contributed by atoms with Gasteiger partial charge in [-0.15, -0.1) is 0 Å². The molecule has 0 saturated heterocycles. The Morgan fingerprint density at radius 2 is 2.38 bits per heavy atom. The highest BCUT2D eigenvalue weighted by Crippen LogP contribution is 2.15. The number of H-pyrrole nitrogens is 1. The molecule has 0 spiro atoms. The van der Waals surface area contributed by atoms with E-state index in [0.29, 0.717) is 5.25 Å². The van der Waals surface area contributed by atoms with Gasteiger partial charge in [0.25, 0.3) is 0 Å². The van der Waals surface area contributed by atoms with Crippen LogP contribution in [0, 0.1) is 0 Å². The summed E-state index contributed by atoms with van der Waals surface area (Å²) in [5, 5.41) is 12.4. The summed E-state index contributed by atoms with van der Waals surface area (Å²) >= 11 is 1.88. The number of nitrogens with zero attached hydrogens (tertiary/aromatic N) is 1. The first kappa shape index (κ1) is 11.5. The Balaban J connectivity index is 2.01. The second-order valence-electron chi connectivity index (χ2n) is 3.93. The van der Waals surface area contributed by atoms with Crippen molar-refractivity contribution in [1.82, 2.24) is 15.5 Å². The summed E-state index contributed by atoms with van der Waals surface area (Å²) in [5.74, 6) is 0. The molecule has 1 unspecified atom stereocenters. The highest BCUT2D eigenvalue weighted by Gasteiger charge is 2.03. The molecule has 1 atom stereocenters. The SMILES string of the molecule is CSC(C)CNCc1cccc2cn[nH]c12. The molecule has 2 rings (SSSR count). The number of aromatic amines is 1. The zero-order valence-electron chi connectivity index (χ0n) is 9.66. The van der Waals surface area contributed by atoms with Crippen LogP contribution < -0.4 is 5.32 Å². The Morgan fingerprint density at radius 3 is 3.19 bits per heavy atom. The summed E-state index contributed by atoms with van der Waals surface area (Å²) in [6.07, 6.45) is 4.01. The Morgan fingerprint density at radius 1 is 1.50 bits per heavy atom. The first-order chi connectivity index (χ1) is 7.81. The molecule has 1 aromatic carbocycles. The fourth-order valence-corrected chi connectivity index (χ4v) is 1.96. The molecule has 16 heavy (non-hydrogen) atoms. The molecule has 1 aromatic heterocycles. The van der Waals surface area contributed by atoms with Crippen LogP contribution in [-0.4, -0.2) is 28.2 Å². The number of rotatable bonds is 5. The number of nitrogens with one attached hydrogen (secondary N) is 2. The van der Waals surface area contributed by atoms with Crippen molar-refractivity contribution in [3.05, 3.63) is 30.0 Å². The van der Waals surface area contributed by atoms with Crippen molar-refractivity contribution in [2.45, 2.75) is 18.7 Å². The van der Waals surface area contributed by atoms with Gasteiger partial charge in [-0.05, 0) is 11.8 Å². The number of hydrogen-bond acceptors (Lipinski definition) is 3. The molecule has 3 nitrogen and oxygen atoms in total. The standard InChI is InChI=1S/C12H17N3S/c1-9(16-2)6-13-7-10-4-3-5-11-8-14-15-12(10)11/h3-5,8-9,13H,6-7H2,1-2H3,(H,14,15). The van der Waals surface area contributed by atoms with Crippen LogP contribution in [0.1, 0.15) is 12.5 Å². The molecular formula is C12H17N3S. The van der Waals surface area contributed by atoms with Gasteiger partial charge in [0.2, 0.25) is 0 Å². The van der Waals surface area contributed by atoms with E-state index in [1.54, 1.807) is 0 Å². The van der Waals surface area contributed by atoms with Gasteiger partial charge in [0, 0.05) is 23.7 Å². The molecule has 2 N–H and O–H groups in total. The third-order valence-corrected chi connectivity index (χ3v) is 3.68. The van der Waals surface area contributed by atoms with Gasteiger partial charge in [0.05, 0.1) is 11.7 Å². The minimum atomic E-state index is 0.654. The number of fused-ring (bicyclic) bond motifs is 1. The van der Waals surface area contributed by atoms with Crippen LogP contribution in [0.25, 0.3) is 10.9 Å². The predicted molar refractivity (Wildman–Crippen MR) is 70.8 cm³/mol. The molecule has 0 amide bonds. The van der Waals surface area contributed by atoms with Gasteiger partial charge in [0.15, 0.2) is 0 Å². The molecule has 2 aromatic rings. The predicted octanol–water partition coefficient (Wildman–Crippen LogP) is 2.40. The summed E-state index contributed by atoms with van der Waals surface area (Å²) in [7, 11) is 0. The van der Waals surface area contributed by atoms with Gasteiger partial charge < -0.3 is 5.32 Å². The normalized spacial score (nSPS) is 13.1. The number of thioether (sulfide) groups is 1. The summed E-state index contributed by atoms with van der Waals surface area (Å²) in [4.78, 5) is 0. The molecule has 0 aliphatic heterocycles. The zero-order valence-corrected chi connectivity index (χ0v) is 10.5. The van der Waals surface area contributed by atoms with Crippen molar-refractivity contribution in [3.63, 3.8) is 0 Å². The van der Waals surface area contributed by atoms with E-state index >= 15 is 0 Å². The minimum Gasteiger partial charge on any atom is -0.312 e. The van der Waals surface area contributed by atoms with Crippen molar-refractivity contribution in [3.8, 4) is 0 Å². The van der Waals surface area contributed by atoms with Crippen LogP contribution in [0.3, 0.4) is 0 Å². The van der Waals surface area contributed by atoms with Crippen LogP contribution in [0.15, 0.2) is 24.4 Å². The van der Waals surface area contributed by atoms with Gasteiger partial charge in [-0.2, -0.15) is 16.9 Å². The van der Waals surface area contributed by atoms with Crippen molar-refractivity contribution >= 4 is 22.7 Å². The van der Waals surface area contributed by atoms with E-state index in [1.165, 1.54) is 10.9 Å². The van der Waals surface area contributed by atoms with Gasteiger partial charge in [-0.25, -0.2) is 0 Å². The highest BCUT2D eigenvalue weighted by molar-refractivity contribution is 7.99. The lowest BCUT2D eigenvalue weighted by atomic mass is 10.1. The second kappa shape index (κ2) is 5.37. The zero-order chi connectivity index (χ0) is 11.4. The van der Waals surface area contributed by atoms with Gasteiger partial charge in [0.1, 0.15) is 0 Å². The molecule has 0 aliphatic carbocycles. The second-order valence-corrected chi connectivity index (χ2v) is 5.20. The van der Waals surface area contributed by atoms with E-state index < -0.39 is 0 Å². The molecule has 0 saturated carbocycles. The van der Waals surface area contributed by atoms with E-state index in [-0.39, 0.29) is 0 Å². The number of benzene rings is 1. The fraction of sp³-hybridized carbons (Fsp3) is 0.417. The average Bonchev–Trinajstić information content (AvgIpc) is 2.77. The van der Waals surface area contributed by atoms with Crippen molar-refractivity contribution < 1.29 is 0 Å². The lowest BCUT2D eigenvalue weighted by Gasteiger charge is -2.10. The van der Waals surface area contributed by atoms with Gasteiger partial charge >= 0.3 is 0 Å². The van der Waals surface area contributed by atoms with Crippen LogP contribution in [0.5, 0.6) is 0 Å². The number of para-hydroxylation sites is 1. The monoisotopic (exact) mass is 235 g/mol. The molecule has 0 bridgehead atoms. The summed E-state index contributed by atoms with van der Waals surface area (Å²) in [5.41, 5.74) is 2.43. The maximum atomic E-state index is 4.06. The lowest BCUT2D eigenvalue weighted by molar-refractivity contribution is 0.686. The minimum absolute atomic E-state index is 0.654. The Bertz CT molecular complexity index is 452. The van der Waals surface area contributed by atoms with Gasteiger partial charge in [-0.3, -0.25) is 5.10 Å². The van der Waals surface area contributed by atoms with E-state index in [1.807, 2.05) is 18.0 Å². The van der Waals surface area contributed by atoms with Crippen LogP contribution >= 0.6 is 11.8 Å². The van der Waals surface area contributed by atoms with E-state index in [2.05, 4.69) is 46.9 Å². The highest BCUT2D eigenvalue weighted by atomic mass is 32.2. The molecular weight excluding hydrogens is 218 g/mol. The molecule has 86 valence electrons. The van der Waals surface area contributed by atoms with E-state index in [4.69, 9.17) is 0 Å². The Labute approximate surface area is 100 Å². The van der Waals surface area contributed by atoms with Crippen LogP contribution in [0.2, 0.25) is 0 Å². The van der Waals surface area contributed by atoms with Crippen LogP contribution in [0.4, 0.5) is 0 Å².